The molecule has 13 nitrogen and oxygen atoms in total. The summed E-state index contributed by atoms with van der Waals surface area (Å²) >= 11 is 0. The lowest BCUT2D eigenvalue weighted by Crippen LogP contribution is -2.35. The first-order valence-corrected chi connectivity index (χ1v) is 14.9. The Hall–Kier alpha value is -4.04. The van der Waals surface area contributed by atoms with E-state index >= 15 is 0 Å². The van der Waals surface area contributed by atoms with Crippen LogP contribution in [0.1, 0.15) is 50.4 Å². The predicted molar refractivity (Wildman–Crippen MR) is 152 cm³/mol. The number of para-hydroxylation sites is 1. The summed E-state index contributed by atoms with van der Waals surface area (Å²) in [6.45, 7) is 7.87. The highest BCUT2D eigenvalue weighted by molar-refractivity contribution is 7.93. The minimum absolute atomic E-state index is 0.0410. The largest absolute Gasteiger partial charge is 0.494 e. The number of nitrogens with zero attached hydrogens (tertiary/aromatic N) is 7. The molecule has 0 spiro atoms. The van der Waals surface area contributed by atoms with Gasteiger partial charge in [0.25, 0.3) is 0 Å². The van der Waals surface area contributed by atoms with Crippen molar-refractivity contribution in [1.29, 1.82) is 0 Å². The number of ether oxygens (including phenoxy) is 3. The maximum atomic E-state index is 13.9. The highest BCUT2D eigenvalue weighted by Gasteiger charge is 2.36. The van der Waals surface area contributed by atoms with E-state index in [2.05, 4.69) is 30.0 Å². The number of nitrogens with one attached hydrogen (secondary N) is 1. The number of sulfonamides is 1. The lowest BCUT2D eigenvalue weighted by Gasteiger charge is -2.25. The van der Waals surface area contributed by atoms with Gasteiger partial charge in [-0.25, -0.2) is 18.4 Å². The maximum absolute atomic E-state index is 13.9. The molecule has 1 aromatic carbocycles. The number of hydrogen-bond acceptors (Lipinski definition) is 10. The van der Waals surface area contributed by atoms with E-state index in [4.69, 9.17) is 14.2 Å². The summed E-state index contributed by atoms with van der Waals surface area (Å²) in [5.74, 6) is 1.51. The Bertz CT molecular complexity index is 1610. The van der Waals surface area contributed by atoms with E-state index in [9.17, 15) is 8.42 Å². The zero-order valence-corrected chi connectivity index (χ0v) is 24.7. The number of benzene rings is 1. The van der Waals surface area contributed by atoms with Crippen molar-refractivity contribution in [1.82, 2.24) is 34.5 Å². The summed E-state index contributed by atoms with van der Waals surface area (Å²) < 4.78 is 51.4. The van der Waals surface area contributed by atoms with Crippen molar-refractivity contribution in [3.05, 3.63) is 53.9 Å². The Morgan fingerprint density at radius 3 is 2.32 bits per heavy atom. The van der Waals surface area contributed by atoms with Gasteiger partial charge in [0.15, 0.2) is 11.6 Å². The molecule has 41 heavy (non-hydrogen) atoms. The number of aromatic nitrogens is 7. The first-order chi connectivity index (χ1) is 19.6. The summed E-state index contributed by atoms with van der Waals surface area (Å²) in [6.07, 6.45) is 5.54. The van der Waals surface area contributed by atoms with Crippen LogP contribution in [0.3, 0.4) is 0 Å². The van der Waals surface area contributed by atoms with E-state index < -0.39 is 21.4 Å². The fraction of sp³-hybridized carbons (Fsp3) is 0.444. The van der Waals surface area contributed by atoms with Gasteiger partial charge in [0.05, 0.1) is 32.1 Å². The van der Waals surface area contributed by atoms with Gasteiger partial charge in [-0.1, -0.05) is 6.07 Å². The van der Waals surface area contributed by atoms with Gasteiger partial charge in [0, 0.05) is 24.6 Å². The van der Waals surface area contributed by atoms with E-state index in [1.165, 1.54) is 14.2 Å². The minimum Gasteiger partial charge on any atom is -0.494 e. The van der Waals surface area contributed by atoms with Crippen molar-refractivity contribution in [3.63, 3.8) is 0 Å². The van der Waals surface area contributed by atoms with Crippen LogP contribution in [0, 0.1) is 6.92 Å². The molecule has 1 N–H and O–H groups in total. The molecular weight excluding hydrogens is 548 g/mol. The zero-order valence-electron chi connectivity index (χ0n) is 23.9. The quantitative estimate of drug-likeness (QED) is 0.279. The van der Waals surface area contributed by atoms with E-state index in [0.717, 1.165) is 36.2 Å². The van der Waals surface area contributed by atoms with Crippen molar-refractivity contribution >= 4 is 16.0 Å². The number of rotatable bonds is 11. The minimum atomic E-state index is -4.13. The van der Waals surface area contributed by atoms with E-state index in [1.807, 2.05) is 25.5 Å². The molecule has 3 aromatic heterocycles. The molecule has 0 aliphatic carbocycles. The van der Waals surface area contributed by atoms with E-state index in [0.29, 0.717) is 23.0 Å². The first kappa shape index (κ1) is 28.5. The Balaban J connectivity index is 1.62. The van der Waals surface area contributed by atoms with Crippen molar-refractivity contribution in [2.75, 3.05) is 18.9 Å². The lowest BCUT2D eigenvalue weighted by atomic mass is 10.1. The van der Waals surface area contributed by atoms with Crippen LogP contribution >= 0.6 is 0 Å². The Kier molecular flexibility index (Phi) is 7.95. The van der Waals surface area contributed by atoms with Crippen molar-refractivity contribution in [3.8, 4) is 28.6 Å². The number of anilines is 1. The van der Waals surface area contributed by atoms with Gasteiger partial charge >= 0.3 is 0 Å². The summed E-state index contributed by atoms with van der Waals surface area (Å²) in [5.41, 5.74) is 3.04. The maximum Gasteiger partial charge on any atom is 0.243 e. The number of aryl methyl sites for hydroxylation is 2. The van der Waals surface area contributed by atoms with E-state index in [-0.39, 0.29) is 17.9 Å². The molecule has 0 amide bonds. The van der Waals surface area contributed by atoms with Gasteiger partial charge < -0.3 is 14.2 Å². The Labute approximate surface area is 239 Å². The van der Waals surface area contributed by atoms with E-state index in [1.54, 1.807) is 48.3 Å². The molecule has 2 unspecified atom stereocenters. The number of hydrogen-bond donors (Lipinski definition) is 1. The van der Waals surface area contributed by atoms with Gasteiger partial charge in [-0.3, -0.25) is 14.0 Å². The first-order valence-electron chi connectivity index (χ1n) is 13.3. The van der Waals surface area contributed by atoms with Crippen molar-refractivity contribution in [2.24, 2.45) is 0 Å². The molecule has 0 saturated carbocycles. The third-order valence-electron chi connectivity index (χ3n) is 6.89. The van der Waals surface area contributed by atoms with Gasteiger partial charge in [0.2, 0.25) is 16.0 Å². The molecule has 218 valence electrons. The SMILES string of the molecule is COc1cccc(OC)c1-n1c(NS(=O)(=O)C(C)C(OC(C)C)c2ncc(C)cn2)nnc1-c1cnn2c1CCC2. The molecule has 0 fully saturated rings. The molecule has 4 aromatic rings. The summed E-state index contributed by atoms with van der Waals surface area (Å²) in [6, 6.07) is 5.29. The van der Waals surface area contributed by atoms with Gasteiger partial charge in [-0.2, -0.15) is 5.10 Å². The standard InChI is InChI=1S/C27H34N8O5S/c1-16(2)40-24(25-28-13-17(3)14-29-25)18(4)41(36,37)33-27-32-31-26(19-15-30-34-12-8-9-20(19)34)35(27)23-21(38-5)10-7-11-22(23)39-6/h7,10-11,13-16,18,24H,8-9,12H2,1-6H3,(H,32,33). The fourth-order valence-corrected chi connectivity index (χ4v) is 5.93. The third-order valence-corrected chi connectivity index (χ3v) is 8.58. The van der Waals surface area contributed by atoms with Crippen LogP contribution in [0.15, 0.2) is 36.8 Å². The van der Waals surface area contributed by atoms with Crippen LogP contribution in [0.2, 0.25) is 0 Å². The molecule has 0 saturated heterocycles. The topological polar surface area (TPSA) is 148 Å². The highest BCUT2D eigenvalue weighted by Crippen LogP contribution is 2.39. The average molecular weight is 583 g/mol. The monoisotopic (exact) mass is 582 g/mol. The van der Waals surface area contributed by atoms with Crippen molar-refractivity contribution in [2.45, 2.75) is 64.5 Å². The molecule has 0 radical (unpaired) electrons. The smallest absolute Gasteiger partial charge is 0.243 e. The second-order valence-corrected chi connectivity index (χ2v) is 12.1. The molecule has 14 heteroatoms. The number of fused-ring (bicyclic) bond motifs is 1. The Morgan fingerprint density at radius 2 is 1.68 bits per heavy atom. The third kappa shape index (κ3) is 5.48. The van der Waals surface area contributed by atoms with Crippen LogP contribution in [0.5, 0.6) is 11.5 Å². The van der Waals surface area contributed by atoms with Crippen molar-refractivity contribution < 1.29 is 22.6 Å². The van der Waals surface area contributed by atoms with Crippen LogP contribution in [-0.2, 0) is 27.7 Å². The molecule has 5 rings (SSSR count). The fourth-order valence-electron chi connectivity index (χ4n) is 4.85. The van der Waals surface area contributed by atoms with Gasteiger partial charge in [-0.05, 0) is 58.2 Å². The van der Waals surface area contributed by atoms with Gasteiger partial charge in [0.1, 0.15) is 28.5 Å². The lowest BCUT2D eigenvalue weighted by molar-refractivity contribution is 0.00152. The number of methoxy groups -OCH3 is 2. The second-order valence-electron chi connectivity index (χ2n) is 10.1. The molecule has 0 bridgehead atoms. The molecule has 1 aliphatic heterocycles. The molecule has 4 heterocycles. The molecular formula is C27H34N8O5S. The van der Waals surface area contributed by atoms with Crippen LogP contribution in [0.25, 0.3) is 17.1 Å². The summed E-state index contributed by atoms with van der Waals surface area (Å²) in [5, 5.41) is 12.1. The van der Waals surface area contributed by atoms with Gasteiger partial charge in [-0.15, -0.1) is 10.2 Å². The Morgan fingerprint density at radius 1 is 1.00 bits per heavy atom. The summed E-state index contributed by atoms with van der Waals surface area (Å²) in [4.78, 5) is 8.70. The molecule has 1 aliphatic rings. The van der Waals surface area contributed by atoms with Crippen LogP contribution in [0.4, 0.5) is 5.95 Å². The molecule has 2 atom stereocenters. The second kappa shape index (κ2) is 11.4. The normalized spacial score (nSPS) is 14.6. The van der Waals surface area contributed by atoms with Crippen LogP contribution < -0.4 is 14.2 Å². The highest BCUT2D eigenvalue weighted by atomic mass is 32.2. The zero-order chi connectivity index (χ0) is 29.3. The van der Waals surface area contributed by atoms with Crippen LogP contribution in [-0.4, -0.2) is 68.5 Å². The average Bonchev–Trinajstić information content (AvgIpc) is 3.67. The summed E-state index contributed by atoms with van der Waals surface area (Å²) in [7, 11) is -1.08. The predicted octanol–water partition coefficient (Wildman–Crippen LogP) is 3.49.